The molecule has 1 aliphatic rings. The molecule has 0 saturated heterocycles. The highest BCUT2D eigenvalue weighted by atomic mass is 32.1. The van der Waals surface area contributed by atoms with Crippen LogP contribution in [0.3, 0.4) is 0 Å². The fourth-order valence-electron chi connectivity index (χ4n) is 2.62. The zero-order valence-electron chi connectivity index (χ0n) is 10.9. The van der Waals surface area contributed by atoms with Gasteiger partial charge in [-0.15, -0.1) is 22.7 Å². The maximum atomic E-state index is 11.3. The lowest BCUT2D eigenvalue weighted by Crippen LogP contribution is -2.17. The van der Waals surface area contributed by atoms with Crippen molar-refractivity contribution in [2.75, 3.05) is 0 Å². The number of carboxylic acids is 1. The number of rotatable bonds is 2. The number of nitrogens with zero attached hydrogens (tertiary/aromatic N) is 1. The molecule has 0 aliphatic heterocycles. The van der Waals surface area contributed by atoms with E-state index in [1.54, 1.807) is 22.7 Å². The van der Waals surface area contributed by atoms with Gasteiger partial charge in [0.25, 0.3) is 0 Å². The largest absolute Gasteiger partial charge is 0.481 e. The van der Waals surface area contributed by atoms with E-state index >= 15 is 0 Å². The molecular formula is C14H15NO2S2. The lowest BCUT2D eigenvalue weighted by molar-refractivity contribution is -0.139. The van der Waals surface area contributed by atoms with Crippen molar-refractivity contribution in [2.24, 2.45) is 0 Å². The van der Waals surface area contributed by atoms with Crippen LogP contribution in [-0.4, -0.2) is 16.1 Å². The minimum atomic E-state index is -0.740. The van der Waals surface area contributed by atoms with E-state index in [1.165, 1.54) is 15.3 Å². The van der Waals surface area contributed by atoms with Crippen LogP contribution in [0.4, 0.5) is 0 Å². The van der Waals surface area contributed by atoms with Crippen LogP contribution in [0.1, 0.15) is 39.1 Å². The Morgan fingerprint density at radius 1 is 1.42 bits per heavy atom. The average molecular weight is 293 g/mol. The lowest BCUT2D eigenvalue weighted by Gasteiger charge is -2.16. The van der Waals surface area contributed by atoms with Crippen LogP contribution in [0.25, 0.3) is 10.6 Å². The molecule has 0 aromatic carbocycles. The summed E-state index contributed by atoms with van der Waals surface area (Å²) in [4.78, 5) is 19.6. The van der Waals surface area contributed by atoms with Gasteiger partial charge in [-0.1, -0.05) is 0 Å². The summed E-state index contributed by atoms with van der Waals surface area (Å²) >= 11 is 3.44. The third-order valence-corrected chi connectivity index (χ3v) is 5.65. The highest BCUT2D eigenvalue weighted by Gasteiger charge is 2.30. The molecule has 3 rings (SSSR count). The molecule has 0 amide bonds. The van der Waals surface area contributed by atoms with E-state index in [0.29, 0.717) is 6.42 Å². The van der Waals surface area contributed by atoms with Crippen LogP contribution in [0.2, 0.25) is 0 Å². The van der Waals surface area contributed by atoms with Crippen LogP contribution in [0.5, 0.6) is 0 Å². The summed E-state index contributed by atoms with van der Waals surface area (Å²) in [6, 6.07) is 2.15. The topological polar surface area (TPSA) is 50.2 Å². The van der Waals surface area contributed by atoms with Gasteiger partial charge >= 0.3 is 5.97 Å². The second-order valence-electron chi connectivity index (χ2n) is 4.94. The highest BCUT2D eigenvalue weighted by Crippen LogP contribution is 2.40. The van der Waals surface area contributed by atoms with Crippen molar-refractivity contribution in [1.82, 2.24) is 4.98 Å². The normalized spacial score (nSPS) is 18.3. The zero-order chi connectivity index (χ0) is 13.6. The molecule has 0 saturated carbocycles. The van der Waals surface area contributed by atoms with Gasteiger partial charge in [0, 0.05) is 20.2 Å². The van der Waals surface area contributed by atoms with Crippen LogP contribution >= 0.6 is 22.7 Å². The Labute approximate surface area is 119 Å². The van der Waals surface area contributed by atoms with Crippen LogP contribution in [0.15, 0.2) is 6.07 Å². The number of aromatic nitrogens is 1. The third kappa shape index (κ3) is 2.21. The molecule has 3 nitrogen and oxygen atoms in total. The van der Waals surface area contributed by atoms with Crippen LogP contribution < -0.4 is 0 Å². The Balaban J connectivity index is 2.07. The minimum Gasteiger partial charge on any atom is -0.481 e. The molecule has 2 heterocycles. The Morgan fingerprint density at radius 3 is 2.84 bits per heavy atom. The van der Waals surface area contributed by atoms with Gasteiger partial charge in [-0.2, -0.15) is 0 Å². The summed E-state index contributed by atoms with van der Waals surface area (Å²) in [5.74, 6) is -1.15. The summed E-state index contributed by atoms with van der Waals surface area (Å²) in [6.45, 7) is 4.19. The number of hydrogen-bond donors (Lipinski definition) is 1. The fourth-order valence-corrected chi connectivity index (χ4v) is 4.85. The molecule has 2 aromatic heterocycles. The van der Waals surface area contributed by atoms with E-state index in [2.05, 4.69) is 24.9 Å². The Bertz CT molecular complexity index is 642. The quantitative estimate of drug-likeness (QED) is 0.910. The average Bonchev–Trinajstić information content (AvgIpc) is 2.91. The molecule has 100 valence electrons. The van der Waals surface area contributed by atoms with Crippen LogP contribution in [0, 0.1) is 13.8 Å². The van der Waals surface area contributed by atoms with Gasteiger partial charge in [0.15, 0.2) is 0 Å². The number of aliphatic carboxylic acids is 1. The van der Waals surface area contributed by atoms with Crippen molar-refractivity contribution in [1.29, 1.82) is 0 Å². The SMILES string of the molecule is Cc1cc(-c2nc3c(s2)CCCC3C(=O)O)c(C)s1. The van der Waals surface area contributed by atoms with E-state index in [4.69, 9.17) is 0 Å². The van der Waals surface area contributed by atoms with Gasteiger partial charge in [0.05, 0.1) is 11.6 Å². The van der Waals surface area contributed by atoms with Crippen molar-refractivity contribution < 1.29 is 9.90 Å². The Morgan fingerprint density at radius 2 is 2.21 bits per heavy atom. The van der Waals surface area contributed by atoms with E-state index in [9.17, 15) is 9.90 Å². The number of hydrogen-bond acceptors (Lipinski definition) is 4. The van der Waals surface area contributed by atoms with Crippen molar-refractivity contribution in [3.63, 3.8) is 0 Å². The zero-order valence-corrected chi connectivity index (χ0v) is 12.5. The van der Waals surface area contributed by atoms with E-state index in [-0.39, 0.29) is 0 Å². The molecule has 0 radical (unpaired) electrons. The van der Waals surface area contributed by atoms with E-state index < -0.39 is 11.9 Å². The van der Waals surface area contributed by atoms with Crippen molar-refractivity contribution in [3.8, 4) is 10.6 Å². The molecule has 1 unspecified atom stereocenters. The summed E-state index contributed by atoms with van der Waals surface area (Å²) in [6.07, 6.45) is 2.64. The van der Waals surface area contributed by atoms with Crippen molar-refractivity contribution in [3.05, 3.63) is 26.4 Å². The monoisotopic (exact) mass is 293 g/mol. The summed E-state index contributed by atoms with van der Waals surface area (Å²) in [7, 11) is 0. The summed E-state index contributed by atoms with van der Waals surface area (Å²) < 4.78 is 0. The number of fused-ring (bicyclic) bond motifs is 1. The molecule has 0 bridgehead atoms. The minimum absolute atomic E-state index is 0.409. The summed E-state index contributed by atoms with van der Waals surface area (Å²) in [5.41, 5.74) is 1.98. The number of carboxylic acid groups (broad SMARTS) is 1. The predicted molar refractivity (Wildman–Crippen MR) is 78.2 cm³/mol. The number of thiazole rings is 1. The van der Waals surface area contributed by atoms with Crippen molar-refractivity contribution in [2.45, 2.75) is 39.0 Å². The first-order chi connectivity index (χ1) is 9.06. The molecule has 19 heavy (non-hydrogen) atoms. The smallest absolute Gasteiger partial charge is 0.312 e. The van der Waals surface area contributed by atoms with Crippen molar-refractivity contribution >= 4 is 28.6 Å². The maximum absolute atomic E-state index is 11.3. The first kappa shape index (κ1) is 12.8. The maximum Gasteiger partial charge on any atom is 0.312 e. The predicted octanol–water partition coefficient (Wildman–Crippen LogP) is 3.99. The van der Waals surface area contributed by atoms with E-state index in [0.717, 1.165) is 28.4 Å². The molecule has 0 fully saturated rings. The van der Waals surface area contributed by atoms with Gasteiger partial charge in [0.1, 0.15) is 5.01 Å². The number of carbonyl (C=O) groups is 1. The molecular weight excluding hydrogens is 278 g/mol. The molecule has 1 atom stereocenters. The molecule has 1 aliphatic carbocycles. The van der Waals surface area contributed by atoms with Gasteiger partial charge in [-0.25, -0.2) is 4.98 Å². The molecule has 2 aromatic rings. The van der Waals surface area contributed by atoms with E-state index in [1.807, 2.05) is 0 Å². The van der Waals surface area contributed by atoms with Crippen LogP contribution in [-0.2, 0) is 11.2 Å². The first-order valence-electron chi connectivity index (χ1n) is 6.36. The van der Waals surface area contributed by atoms with Gasteiger partial charge in [0.2, 0.25) is 0 Å². The Kier molecular flexibility index (Phi) is 3.19. The number of thiophene rings is 1. The number of aryl methyl sites for hydroxylation is 3. The first-order valence-corrected chi connectivity index (χ1v) is 7.99. The van der Waals surface area contributed by atoms with Gasteiger partial charge < -0.3 is 5.11 Å². The highest BCUT2D eigenvalue weighted by molar-refractivity contribution is 7.16. The fraction of sp³-hybridized carbons (Fsp3) is 0.429. The molecule has 0 spiro atoms. The third-order valence-electron chi connectivity index (χ3n) is 3.52. The lowest BCUT2D eigenvalue weighted by atomic mass is 9.91. The van der Waals surface area contributed by atoms with Gasteiger partial charge in [-0.05, 0) is 39.2 Å². The van der Waals surface area contributed by atoms with Gasteiger partial charge in [-0.3, -0.25) is 4.79 Å². The molecule has 1 N–H and O–H groups in total. The summed E-state index contributed by atoms with van der Waals surface area (Å²) in [5, 5.41) is 10.3. The second kappa shape index (κ2) is 4.72. The molecule has 5 heteroatoms. The standard InChI is InChI=1S/C14H15NO2S2/c1-7-6-10(8(2)18-7)13-15-12-9(14(16)17)4-3-5-11(12)19-13/h6,9H,3-5H2,1-2H3,(H,16,17). The Hall–Kier alpha value is -1.20. The second-order valence-corrected chi connectivity index (χ2v) is 7.48.